The molecule has 2 N–H and O–H groups in total. The molecule has 0 amide bonds. The van der Waals surface area contributed by atoms with E-state index in [-0.39, 0.29) is 7.24 Å². The Balaban J connectivity index is 0.00000103. The van der Waals surface area contributed by atoms with Crippen molar-refractivity contribution in [3.05, 3.63) is 35.6 Å². The summed E-state index contributed by atoms with van der Waals surface area (Å²) in [5, 5.41) is 6.96. The molecule has 1 fully saturated rings. The highest BCUT2D eigenvalue weighted by Gasteiger charge is 2.21. The van der Waals surface area contributed by atoms with Crippen molar-refractivity contribution in [3.63, 3.8) is 0 Å². The van der Waals surface area contributed by atoms with Crippen LogP contribution in [-0.2, 0) is 0 Å². The Bertz CT molecular complexity index is 327. The fourth-order valence-electron chi connectivity index (χ4n) is 2.34. The van der Waals surface area contributed by atoms with E-state index in [1.165, 1.54) is 24.1 Å². The van der Waals surface area contributed by atoms with Crippen LogP contribution in [0, 0.1) is 5.82 Å². The molecule has 0 saturated carbocycles. The van der Waals surface area contributed by atoms with E-state index in [4.69, 9.17) is 0 Å². The zero-order chi connectivity index (χ0) is 13.4. The normalized spacial score (nSPS) is 23.1. The molecule has 1 heterocycles. The number of halogens is 1. The predicted molar refractivity (Wildman–Crippen MR) is 77.3 cm³/mol. The van der Waals surface area contributed by atoms with Crippen LogP contribution in [0.15, 0.2) is 24.3 Å². The van der Waals surface area contributed by atoms with Crippen molar-refractivity contribution in [1.29, 1.82) is 0 Å². The molecule has 0 spiro atoms. The Kier molecular flexibility index (Phi) is 6.91. The van der Waals surface area contributed by atoms with E-state index in [9.17, 15) is 4.39 Å². The maximum Gasteiger partial charge on any atom is 0.123 e. The van der Waals surface area contributed by atoms with E-state index in [1.54, 1.807) is 0 Å². The van der Waals surface area contributed by atoms with Gasteiger partial charge in [-0.05, 0) is 43.6 Å². The van der Waals surface area contributed by atoms with Gasteiger partial charge in [-0.15, -0.1) is 0 Å². The minimum Gasteiger partial charge on any atom is -0.314 e. The van der Waals surface area contributed by atoms with Crippen LogP contribution in [0.2, 0.25) is 0 Å². The van der Waals surface area contributed by atoms with E-state index < -0.39 is 0 Å². The van der Waals surface area contributed by atoms with Gasteiger partial charge in [0.1, 0.15) is 5.82 Å². The maximum absolute atomic E-state index is 12.8. The molecule has 1 aliphatic rings. The average Bonchev–Trinajstić information content (AvgIpc) is 2.43. The van der Waals surface area contributed by atoms with Crippen LogP contribution in [-0.4, -0.2) is 19.1 Å². The molecule has 2 rings (SSSR count). The minimum absolute atomic E-state index is 0. The number of hydrogen-bond donors (Lipinski definition) is 2. The molecule has 0 aliphatic carbocycles. The smallest absolute Gasteiger partial charge is 0.123 e. The van der Waals surface area contributed by atoms with Gasteiger partial charge >= 0.3 is 0 Å². The SMILES string of the molecule is CC.CCN[C@@H]1CCN[C@H](c2ccc(F)cc2)C1.[HH]. The van der Waals surface area contributed by atoms with Crippen LogP contribution in [0.25, 0.3) is 0 Å². The fraction of sp³-hybridized carbons (Fsp3) is 0.600. The summed E-state index contributed by atoms with van der Waals surface area (Å²) in [6, 6.07) is 7.77. The van der Waals surface area contributed by atoms with Gasteiger partial charge in [0.25, 0.3) is 0 Å². The number of benzene rings is 1. The van der Waals surface area contributed by atoms with Gasteiger partial charge < -0.3 is 10.6 Å². The zero-order valence-electron chi connectivity index (χ0n) is 11.7. The van der Waals surface area contributed by atoms with Gasteiger partial charge in [-0.25, -0.2) is 4.39 Å². The summed E-state index contributed by atoms with van der Waals surface area (Å²) in [6.45, 7) is 8.18. The van der Waals surface area contributed by atoms with E-state index in [0.717, 1.165) is 19.5 Å². The summed E-state index contributed by atoms with van der Waals surface area (Å²) in [7, 11) is 0. The van der Waals surface area contributed by atoms with Crippen molar-refractivity contribution >= 4 is 0 Å². The number of rotatable bonds is 3. The number of piperidine rings is 1. The third-order valence-corrected chi connectivity index (χ3v) is 3.17. The highest BCUT2D eigenvalue weighted by molar-refractivity contribution is 5.20. The Morgan fingerprint density at radius 2 is 2.00 bits per heavy atom. The molecule has 1 aromatic rings. The summed E-state index contributed by atoms with van der Waals surface area (Å²) in [5.74, 6) is -0.164. The van der Waals surface area contributed by atoms with Crippen molar-refractivity contribution in [1.82, 2.24) is 10.6 Å². The third kappa shape index (κ3) is 4.39. The summed E-state index contributed by atoms with van der Waals surface area (Å²) in [5.41, 5.74) is 1.18. The first-order valence-corrected chi connectivity index (χ1v) is 7.02. The summed E-state index contributed by atoms with van der Waals surface area (Å²) < 4.78 is 12.8. The standard InChI is InChI=1S/C13H19FN2.C2H6.H2/c1-2-15-12-7-8-16-13(9-12)10-3-5-11(14)6-4-10;1-2;/h3-6,12-13,15-16H,2,7-9H2,1H3;1-2H3;1H/t12-,13+;;/m1../s1. The molecule has 0 bridgehead atoms. The first-order valence-electron chi connectivity index (χ1n) is 7.02. The van der Waals surface area contributed by atoms with Crippen molar-refractivity contribution < 1.29 is 5.82 Å². The van der Waals surface area contributed by atoms with Gasteiger partial charge in [0, 0.05) is 13.5 Å². The van der Waals surface area contributed by atoms with Crippen LogP contribution >= 0.6 is 0 Å². The Hall–Kier alpha value is -0.930. The van der Waals surface area contributed by atoms with E-state index in [1.807, 2.05) is 26.0 Å². The maximum atomic E-state index is 12.8. The van der Waals surface area contributed by atoms with Crippen molar-refractivity contribution in [3.8, 4) is 0 Å². The predicted octanol–water partition coefficient (Wildman–Crippen LogP) is 3.50. The molecule has 3 heteroatoms. The van der Waals surface area contributed by atoms with Gasteiger partial charge in [0.15, 0.2) is 0 Å². The summed E-state index contributed by atoms with van der Waals surface area (Å²) in [6.07, 6.45) is 2.25. The lowest BCUT2D eigenvalue weighted by molar-refractivity contribution is 0.327. The largest absolute Gasteiger partial charge is 0.314 e. The number of hydrogen-bond acceptors (Lipinski definition) is 2. The molecule has 2 nitrogen and oxygen atoms in total. The lowest BCUT2D eigenvalue weighted by atomic mass is 9.94. The van der Waals surface area contributed by atoms with Crippen molar-refractivity contribution in [2.45, 2.75) is 45.7 Å². The highest BCUT2D eigenvalue weighted by atomic mass is 19.1. The van der Waals surface area contributed by atoms with Gasteiger partial charge in [-0.2, -0.15) is 0 Å². The second-order valence-corrected chi connectivity index (χ2v) is 4.34. The first-order chi connectivity index (χ1) is 8.79. The molecule has 2 atom stereocenters. The average molecular weight is 254 g/mol. The quantitative estimate of drug-likeness (QED) is 0.862. The van der Waals surface area contributed by atoms with Crippen LogP contribution in [0.5, 0.6) is 0 Å². The molecule has 104 valence electrons. The molecule has 0 radical (unpaired) electrons. The second kappa shape index (κ2) is 8.22. The van der Waals surface area contributed by atoms with Gasteiger partial charge in [0.05, 0.1) is 0 Å². The molecule has 1 aromatic carbocycles. The first kappa shape index (κ1) is 15.1. The van der Waals surface area contributed by atoms with E-state index >= 15 is 0 Å². The fourth-order valence-corrected chi connectivity index (χ4v) is 2.34. The van der Waals surface area contributed by atoms with E-state index in [2.05, 4.69) is 17.6 Å². The summed E-state index contributed by atoms with van der Waals surface area (Å²) >= 11 is 0. The molecular formula is C15H27FN2. The minimum atomic E-state index is -0.164. The van der Waals surface area contributed by atoms with Crippen LogP contribution in [0.3, 0.4) is 0 Å². The zero-order valence-corrected chi connectivity index (χ0v) is 11.7. The van der Waals surface area contributed by atoms with E-state index in [0.29, 0.717) is 12.1 Å². The monoisotopic (exact) mass is 254 g/mol. The Morgan fingerprint density at radius 1 is 1.33 bits per heavy atom. The molecule has 1 aliphatic heterocycles. The lowest BCUT2D eigenvalue weighted by Crippen LogP contribution is -2.41. The van der Waals surface area contributed by atoms with Gasteiger partial charge in [-0.1, -0.05) is 32.9 Å². The lowest BCUT2D eigenvalue weighted by Gasteiger charge is -2.31. The Morgan fingerprint density at radius 3 is 2.61 bits per heavy atom. The second-order valence-electron chi connectivity index (χ2n) is 4.34. The molecular weight excluding hydrogens is 227 g/mol. The summed E-state index contributed by atoms with van der Waals surface area (Å²) in [4.78, 5) is 0. The molecule has 0 unspecified atom stereocenters. The Labute approximate surface area is 111 Å². The van der Waals surface area contributed by atoms with Crippen LogP contribution in [0.1, 0.15) is 46.6 Å². The molecule has 1 saturated heterocycles. The van der Waals surface area contributed by atoms with Crippen LogP contribution in [0.4, 0.5) is 4.39 Å². The third-order valence-electron chi connectivity index (χ3n) is 3.17. The van der Waals surface area contributed by atoms with Gasteiger partial charge in [0.2, 0.25) is 0 Å². The highest BCUT2D eigenvalue weighted by Crippen LogP contribution is 2.23. The van der Waals surface area contributed by atoms with Crippen LogP contribution < -0.4 is 10.6 Å². The molecule has 18 heavy (non-hydrogen) atoms. The number of nitrogens with one attached hydrogen (secondary N) is 2. The molecule has 0 aromatic heterocycles. The van der Waals surface area contributed by atoms with Crippen molar-refractivity contribution in [2.75, 3.05) is 13.1 Å². The van der Waals surface area contributed by atoms with Gasteiger partial charge in [-0.3, -0.25) is 0 Å². The van der Waals surface area contributed by atoms with Crippen molar-refractivity contribution in [2.24, 2.45) is 0 Å². The topological polar surface area (TPSA) is 24.1 Å².